The zero-order chi connectivity index (χ0) is 21.9. The Balaban J connectivity index is 1.57. The number of nitrogens with one attached hydrogen (secondary N) is 1. The monoisotopic (exact) mass is 454 g/mol. The predicted octanol–water partition coefficient (Wildman–Crippen LogP) is 1.88. The molecule has 1 saturated heterocycles. The standard InChI is InChI=1S/C20H23FN2O5S2/c1-15-3-2-4-19(13-15)30(27,28)22-14-20(24)23-11-9-18(10-12-23)29(25,26)17-7-5-16(21)6-8-17/h2-8,13,18,22H,9-12,14H2,1H3. The van der Waals surface area contributed by atoms with Gasteiger partial charge < -0.3 is 4.90 Å². The number of hydrogen-bond donors (Lipinski definition) is 1. The number of likely N-dealkylation sites (tertiary alicyclic amines) is 1. The molecule has 0 aromatic heterocycles. The fraction of sp³-hybridized carbons (Fsp3) is 0.350. The molecule has 10 heteroatoms. The van der Waals surface area contributed by atoms with Crippen molar-refractivity contribution < 1.29 is 26.0 Å². The molecule has 2 aromatic rings. The molecule has 30 heavy (non-hydrogen) atoms. The Morgan fingerprint density at radius 3 is 2.27 bits per heavy atom. The quantitative estimate of drug-likeness (QED) is 0.672. The van der Waals surface area contributed by atoms with Crippen LogP contribution in [0.4, 0.5) is 4.39 Å². The van der Waals surface area contributed by atoms with Crippen molar-refractivity contribution in [2.24, 2.45) is 0 Å². The van der Waals surface area contributed by atoms with Crippen LogP contribution in [0.3, 0.4) is 0 Å². The molecule has 3 rings (SSSR count). The maximum absolute atomic E-state index is 13.1. The van der Waals surface area contributed by atoms with Gasteiger partial charge in [0.1, 0.15) is 5.82 Å². The molecular formula is C20H23FN2O5S2. The highest BCUT2D eigenvalue weighted by molar-refractivity contribution is 7.92. The van der Waals surface area contributed by atoms with Crippen molar-refractivity contribution >= 4 is 25.8 Å². The Hall–Kier alpha value is -2.30. The number of rotatable bonds is 6. The van der Waals surface area contributed by atoms with Gasteiger partial charge in [0.25, 0.3) is 0 Å². The molecular weight excluding hydrogens is 431 g/mol. The first kappa shape index (κ1) is 22.4. The molecule has 1 aliphatic rings. The topological polar surface area (TPSA) is 101 Å². The molecule has 2 aromatic carbocycles. The minimum Gasteiger partial charge on any atom is -0.341 e. The van der Waals surface area contributed by atoms with E-state index < -0.39 is 43.4 Å². The molecule has 0 spiro atoms. The lowest BCUT2D eigenvalue weighted by atomic mass is 10.1. The lowest BCUT2D eigenvalue weighted by Gasteiger charge is -2.31. The van der Waals surface area contributed by atoms with Crippen LogP contribution in [-0.2, 0) is 24.7 Å². The second-order valence-corrected chi connectivity index (χ2v) is 11.2. The molecule has 1 fully saturated rings. The predicted molar refractivity (Wildman–Crippen MR) is 110 cm³/mol. The number of carbonyl (C=O) groups excluding carboxylic acids is 1. The number of halogens is 1. The van der Waals surface area contributed by atoms with Gasteiger partial charge in [0.2, 0.25) is 15.9 Å². The Kier molecular flexibility index (Phi) is 6.59. The molecule has 0 atom stereocenters. The summed E-state index contributed by atoms with van der Waals surface area (Å²) in [7, 11) is -7.43. The van der Waals surface area contributed by atoms with Gasteiger partial charge in [-0.1, -0.05) is 12.1 Å². The van der Waals surface area contributed by atoms with Crippen LogP contribution in [0, 0.1) is 12.7 Å². The van der Waals surface area contributed by atoms with Crippen molar-refractivity contribution in [2.45, 2.75) is 34.8 Å². The minimum absolute atomic E-state index is 0.0552. The number of carbonyl (C=O) groups is 1. The van der Waals surface area contributed by atoms with E-state index in [1.807, 2.05) is 0 Å². The SMILES string of the molecule is Cc1cccc(S(=O)(=O)NCC(=O)N2CCC(S(=O)(=O)c3ccc(F)cc3)CC2)c1. The van der Waals surface area contributed by atoms with E-state index in [1.54, 1.807) is 19.1 Å². The van der Waals surface area contributed by atoms with Gasteiger partial charge in [0, 0.05) is 13.1 Å². The largest absolute Gasteiger partial charge is 0.341 e. The molecule has 1 amide bonds. The molecule has 1 heterocycles. The second kappa shape index (κ2) is 8.83. The third-order valence-corrected chi connectivity index (χ3v) is 8.77. The Bertz CT molecular complexity index is 1120. The number of amides is 1. The smallest absolute Gasteiger partial charge is 0.241 e. The molecule has 0 aliphatic carbocycles. The van der Waals surface area contributed by atoms with E-state index >= 15 is 0 Å². The van der Waals surface area contributed by atoms with Crippen molar-refractivity contribution in [2.75, 3.05) is 19.6 Å². The molecule has 1 N–H and O–H groups in total. The number of benzene rings is 2. The van der Waals surface area contributed by atoms with Crippen molar-refractivity contribution in [3.63, 3.8) is 0 Å². The molecule has 0 bridgehead atoms. The van der Waals surface area contributed by atoms with Crippen LogP contribution < -0.4 is 4.72 Å². The number of aryl methyl sites for hydroxylation is 1. The average Bonchev–Trinajstić information content (AvgIpc) is 2.72. The van der Waals surface area contributed by atoms with Gasteiger partial charge in [-0.3, -0.25) is 4.79 Å². The zero-order valence-corrected chi connectivity index (χ0v) is 18.0. The van der Waals surface area contributed by atoms with E-state index in [0.717, 1.165) is 17.7 Å². The summed E-state index contributed by atoms with van der Waals surface area (Å²) in [6.07, 6.45) is 0.464. The summed E-state index contributed by atoms with van der Waals surface area (Å²) in [6, 6.07) is 11.0. The third-order valence-electron chi connectivity index (χ3n) is 5.09. The van der Waals surface area contributed by atoms with Crippen molar-refractivity contribution in [3.05, 3.63) is 59.9 Å². The van der Waals surface area contributed by atoms with Gasteiger partial charge in [-0.15, -0.1) is 0 Å². The van der Waals surface area contributed by atoms with Crippen LogP contribution >= 0.6 is 0 Å². The second-order valence-electron chi connectivity index (χ2n) is 7.22. The molecule has 0 unspecified atom stereocenters. The summed E-state index contributed by atoms with van der Waals surface area (Å²) in [4.78, 5) is 14.0. The van der Waals surface area contributed by atoms with Gasteiger partial charge in [-0.2, -0.15) is 0 Å². The highest BCUT2D eigenvalue weighted by Crippen LogP contribution is 2.25. The number of piperidine rings is 1. The summed E-state index contributed by atoms with van der Waals surface area (Å²) >= 11 is 0. The summed E-state index contributed by atoms with van der Waals surface area (Å²) in [5.41, 5.74) is 0.786. The normalized spacial score (nSPS) is 15.9. The van der Waals surface area contributed by atoms with Crippen LogP contribution in [0.25, 0.3) is 0 Å². The number of hydrogen-bond acceptors (Lipinski definition) is 5. The Morgan fingerprint density at radius 2 is 1.67 bits per heavy atom. The van der Waals surface area contributed by atoms with Crippen LogP contribution in [0.2, 0.25) is 0 Å². The van der Waals surface area contributed by atoms with E-state index in [2.05, 4.69) is 4.72 Å². The average molecular weight is 455 g/mol. The van der Waals surface area contributed by atoms with Crippen LogP contribution in [-0.4, -0.2) is 52.5 Å². The van der Waals surface area contributed by atoms with Crippen molar-refractivity contribution in [1.29, 1.82) is 0 Å². The lowest BCUT2D eigenvalue weighted by Crippen LogP contribution is -2.46. The van der Waals surface area contributed by atoms with Crippen molar-refractivity contribution in [1.82, 2.24) is 9.62 Å². The highest BCUT2D eigenvalue weighted by Gasteiger charge is 2.33. The number of sulfonamides is 1. The van der Waals surface area contributed by atoms with Gasteiger partial charge >= 0.3 is 0 Å². The van der Waals surface area contributed by atoms with Gasteiger partial charge in [0.15, 0.2) is 9.84 Å². The zero-order valence-electron chi connectivity index (χ0n) is 16.4. The number of sulfone groups is 1. The molecule has 0 saturated carbocycles. The van der Waals surface area contributed by atoms with E-state index in [-0.39, 0.29) is 35.7 Å². The minimum atomic E-state index is -3.81. The molecule has 162 valence electrons. The number of nitrogens with zero attached hydrogens (tertiary/aromatic N) is 1. The summed E-state index contributed by atoms with van der Waals surface area (Å²) in [5.74, 6) is -0.925. The van der Waals surface area contributed by atoms with E-state index in [1.165, 1.54) is 29.2 Å². The Labute approximate surface area is 175 Å². The Morgan fingerprint density at radius 1 is 1.03 bits per heavy atom. The third kappa shape index (κ3) is 5.05. The molecule has 0 radical (unpaired) electrons. The maximum Gasteiger partial charge on any atom is 0.241 e. The lowest BCUT2D eigenvalue weighted by molar-refractivity contribution is -0.130. The van der Waals surface area contributed by atoms with Gasteiger partial charge in [-0.05, 0) is 61.7 Å². The molecule has 7 nitrogen and oxygen atoms in total. The van der Waals surface area contributed by atoms with E-state index in [0.29, 0.717) is 0 Å². The first-order chi connectivity index (χ1) is 14.1. The van der Waals surface area contributed by atoms with Crippen LogP contribution in [0.5, 0.6) is 0 Å². The van der Waals surface area contributed by atoms with Crippen molar-refractivity contribution in [3.8, 4) is 0 Å². The summed E-state index contributed by atoms with van der Waals surface area (Å²) < 4.78 is 65.4. The summed E-state index contributed by atoms with van der Waals surface area (Å²) in [5, 5.41) is -0.670. The highest BCUT2D eigenvalue weighted by atomic mass is 32.2. The first-order valence-electron chi connectivity index (χ1n) is 9.43. The first-order valence-corrected chi connectivity index (χ1v) is 12.5. The van der Waals surface area contributed by atoms with Crippen LogP contribution in [0.15, 0.2) is 58.3 Å². The summed E-state index contributed by atoms with van der Waals surface area (Å²) in [6.45, 7) is 1.78. The molecule has 1 aliphatic heterocycles. The fourth-order valence-electron chi connectivity index (χ4n) is 3.37. The van der Waals surface area contributed by atoms with E-state index in [9.17, 15) is 26.0 Å². The fourth-order valence-corrected chi connectivity index (χ4v) is 6.18. The van der Waals surface area contributed by atoms with E-state index in [4.69, 9.17) is 0 Å². The van der Waals surface area contributed by atoms with Gasteiger partial charge in [0.05, 0.1) is 21.6 Å². The maximum atomic E-state index is 13.1. The van der Waals surface area contributed by atoms with Gasteiger partial charge in [-0.25, -0.2) is 25.9 Å². The van der Waals surface area contributed by atoms with Crippen LogP contribution in [0.1, 0.15) is 18.4 Å².